The summed E-state index contributed by atoms with van der Waals surface area (Å²) in [6, 6.07) is 8.30. The molecule has 1 unspecified atom stereocenters. The van der Waals surface area contributed by atoms with Gasteiger partial charge in [0.2, 0.25) is 5.95 Å². The summed E-state index contributed by atoms with van der Waals surface area (Å²) in [7, 11) is 0. The normalized spacial score (nSPS) is 12.2. The van der Waals surface area contributed by atoms with Crippen LogP contribution in [0.5, 0.6) is 0 Å². The highest BCUT2D eigenvalue weighted by atomic mass is 19.1. The molecular weight excluding hydrogens is 217 g/mol. The Hall–Kier alpha value is -1.97. The third-order valence-corrected chi connectivity index (χ3v) is 2.54. The molecule has 0 saturated carbocycles. The summed E-state index contributed by atoms with van der Waals surface area (Å²) in [5.74, 6) is -0.00184. The SMILES string of the molecule is Cc1ccc(C(C)Nc2ncc(F)cn2)cc1. The molecule has 1 aromatic heterocycles. The number of hydrogen-bond acceptors (Lipinski definition) is 3. The van der Waals surface area contributed by atoms with Crippen LogP contribution in [0.25, 0.3) is 0 Å². The zero-order valence-corrected chi connectivity index (χ0v) is 9.81. The van der Waals surface area contributed by atoms with Crippen molar-refractivity contribution in [1.82, 2.24) is 9.97 Å². The lowest BCUT2D eigenvalue weighted by Crippen LogP contribution is -2.09. The minimum absolute atomic E-state index is 0.0843. The predicted molar refractivity (Wildman–Crippen MR) is 65.2 cm³/mol. The van der Waals surface area contributed by atoms with Crippen molar-refractivity contribution in [2.24, 2.45) is 0 Å². The monoisotopic (exact) mass is 231 g/mol. The number of nitrogens with zero attached hydrogens (tertiary/aromatic N) is 2. The molecule has 3 nitrogen and oxygen atoms in total. The summed E-state index contributed by atoms with van der Waals surface area (Å²) >= 11 is 0. The van der Waals surface area contributed by atoms with Crippen LogP contribution in [-0.2, 0) is 0 Å². The standard InChI is InChI=1S/C13H14FN3/c1-9-3-5-11(6-4-9)10(2)17-13-15-7-12(14)8-16-13/h3-8,10H,1-2H3,(H,15,16,17). The fraction of sp³-hybridized carbons (Fsp3) is 0.231. The Morgan fingerprint density at radius 1 is 1.12 bits per heavy atom. The van der Waals surface area contributed by atoms with E-state index >= 15 is 0 Å². The first kappa shape index (κ1) is 11.5. The molecule has 0 aliphatic rings. The molecule has 1 heterocycles. The van der Waals surface area contributed by atoms with Crippen LogP contribution in [0.1, 0.15) is 24.1 Å². The van der Waals surface area contributed by atoms with Crippen molar-refractivity contribution in [2.75, 3.05) is 5.32 Å². The Balaban J connectivity index is 2.08. The van der Waals surface area contributed by atoms with Crippen molar-refractivity contribution in [3.8, 4) is 0 Å². The quantitative estimate of drug-likeness (QED) is 0.882. The van der Waals surface area contributed by atoms with Gasteiger partial charge in [0.15, 0.2) is 5.82 Å². The maximum atomic E-state index is 12.6. The molecule has 0 fully saturated rings. The number of rotatable bonds is 3. The summed E-state index contributed by atoms with van der Waals surface area (Å²) < 4.78 is 12.6. The van der Waals surface area contributed by atoms with E-state index < -0.39 is 5.82 Å². The molecule has 1 aromatic carbocycles. The molecule has 0 aliphatic heterocycles. The molecule has 4 heteroatoms. The molecule has 0 bridgehead atoms. The largest absolute Gasteiger partial charge is 0.348 e. The highest BCUT2D eigenvalue weighted by Crippen LogP contribution is 2.16. The van der Waals surface area contributed by atoms with Gasteiger partial charge in [-0.25, -0.2) is 14.4 Å². The topological polar surface area (TPSA) is 37.8 Å². The molecule has 0 spiro atoms. The lowest BCUT2D eigenvalue weighted by molar-refractivity contribution is 0.613. The molecule has 1 atom stereocenters. The van der Waals surface area contributed by atoms with Crippen molar-refractivity contribution < 1.29 is 4.39 Å². The van der Waals surface area contributed by atoms with Gasteiger partial charge in [-0.2, -0.15) is 0 Å². The van der Waals surface area contributed by atoms with E-state index in [1.165, 1.54) is 5.56 Å². The second-order valence-corrected chi connectivity index (χ2v) is 4.00. The summed E-state index contributed by atoms with van der Waals surface area (Å²) in [6.45, 7) is 4.06. The van der Waals surface area contributed by atoms with Gasteiger partial charge in [-0.05, 0) is 19.4 Å². The Bertz CT molecular complexity index is 479. The van der Waals surface area contributed by atoms with E-state index in [1.807, 2.05) is 13.8 Å². The van der Waals surface area contributed by atoms with Crippen LogP contribution in [-0.4, -0.2) is 9.97 Å². The van der Waals surface area contributed by atoms with E-state index in [-0.39, 0.29) is 6.04 Å². The first-order valence-electron chi connectivity index (χ1n) is 5.46. The van der Waals surface area contributed by atoms with Gasteiger partial charge >= 0.3 is 0 Å². The number of benzene rings is 1. The van der Waals surface area contributed by atoms with Gasteiger partial charge in [0, 0.05) is 0 Å². The van der Waals surface area contributed by atoms with Gasteiger partial charge in [-0.1, -0.05) is 29.8 Å². The molecule has 0 radical (unpaired) electrons. The summed E-state index contributed by atoms with van der Waals surface area (Å²) in [6.07, 6.45) is 2.30. The fourth-order valence-corrected chi connectivity index (χ4v) is 1.52. The van der Waals surface area contributed by atoms with Crippen molar-refractivity contribution in [1.29, 1.82) is 0 Å². The van der Waals surface area contributed by atoms with Crippen LogP contribution in [0.3, 0.4) is 0 Å². The van der Waals surface area contributed by atoms with Gasteiger partial charge in [-0.3, -0.25) is 0 Å². The second-order valence-electron chi connectivity index (χ2n) is 4.00. The van der Waals surface area contributed by atoms with Crippen molar-refractivity contribution in [3.63, 3.8) is 0 Å². The third-order valence-electron chi connectivity index (χ3n) is 2.54. The zero-order valence-electron chi connectivity index (χ0n) is 9.81. The van der Waals surface area contributed by atoms with Crippen LogP contribution in [0.15, 0.2) is 36.7 Å². The number of nitrogens with one attached hydrogen (secondary N) is 1. The summed E-state index contributed by atoms with van der Waals surface area (Å²) in [5, 5.41) is 3.12. The van der Waals surface area contributed by atoms with E-state index in [0.29, 0.717) is 5.95 Å². The molecule has 17 heavy (non-hydrogen) atoms. The fourth-order valence-electron chi connectivity index (χ4n) is 1.52. The first-order chi connectivity index (χ1) is 8.15. The van der Waals surface area contributed by atoms with E-state index in [0.717, 1.165) is 18.0 Å². The molecule has 2 rings (SSSR count). The van der Waals surface area contributed by atoms with Gasteiger partial charge in [0.1, 0.15) is 0 Å². The average molecular weight is 231 g/mol. The van der Waals surface area contributed by atoms with Gasteiger partial charge in [0.05, 0.1) is 18.4 Å². The Labute approximate surface area is 99.7 Å². The number of hydrogen-bond donors (Lipinski definition) is 1. The van der Waals surface area contributed by atoms with Crippen LogP contribution in [0, 0.1) is 12.7 Å². The Morgan fingerprint density at radius 3 is 2.29 bits per heavy atom. The molecule has 88 valence electrons. The van der Waals surface area contributed by atoms with Gasteiger partial charge in [0.25, 0.3) is 0 Å². The number of aromatic nitrogens is 2. The van der Waals surface area contributed by atoms with E-state index in [4.69, 9.17) is 0 Å². The van der Waals surface area contributed by atoms with Gasteiger partial charge < -0.3 is 5.32 Å². The zero-order chi connectivity index (χ0) is 12.3. The number of halogens is 1. The lowest BCUT2D eigenvalue weighted by atomic mass is 10.1. The number of aryl methyl sites for hydroxylation is 1. The minimum Gasteiger partial charge on any atom is -0.348 e. The van der Waals surface area contributed by atoms with Crippen molar-refractivity contribution in [2.45, 2.75) is 19.9 Å². The molecule has 1 N–H and O–H groups in total. The third kappa shape index (κ3) is 3.00. The molecule has 0 aliphatic carbocycles. The molecular formula is C13H14FN3. The lowest BCUT2D eigenvalue weighted by Gasteiger charge is -2.14. The summed E-state index contributed by atoms with van der Waals surface area (Å²) in [5.41, 5.74) is 2.36. The average Bonchev–Trinajstić information content (AvgIpc) is 2.33. The van der Waals surface area contributed by atoms with Gasteiger partial charge in [-0.15, -0.1) is 0 Å². The van der Waals surface area contributed by atoms with E-state index in [1.54, 1.807) is 0 Å². The van der Waals surface area contributed by atoms with E-state index in [2.05, 4.69) is 39.6 Å². The van der Waals surface area contributed by atoms with Crippen LogP contribution in [0.2, 0.25) is 0 Å². The predicted octanol–water partition coefficient (Wildman–Crippen LogP) is 3.10. The molecule has 2 aromatic rings. The smallest absolute Gasteiger partial charge is 0.223 e. The summed E-state index contributed by atoms with van der Waals surface area (Å²) in [4.78, 5) is 7.73. The second kappa shape index (κ2) is 4.91. The maximum Gasteiger partial charge on any atom is 0.223 e. The number of anilines is 1. The first-order valence-corrected chi connectivity index (χ1v) is 5.46. The highest BCUT2D eigenvalue weighted by Gasteiger charge is 2.06. The highest BCUT2D eigenvalue weighted by molar-refractivity contribution is 5.32. The van der Waals surface area contributed by atoms with E-state index in [9.17, 15) is 4.39 Å². The maximum absolute atomic E-state index is 12.6. The Morgan fingerprint density at radius 2 is 1.71 bits per heavy atom. The molecule has 0 amide bonds. The molecule has 0 saturated heterocycles. The van der Waals surface area contributed by atoms with Crippen molar-refractivity contribution in [3.05, 3.63) is 53.6 Å². The van der Waals surface area contributed by atoms with Crippen LogP contribution in [0.4, 0.5) is 10.3 Å². The minimum atomic E-state index is -0.432. The Kier molecular flexibility index (Phi) is 3.32. The van der Waals surface area contributed by atoms with Crippen molar-refractivity contribution >= 4 is 5.95 Å². The van der Waals surface area contributed by atoms with Crippen LogP contribution < -0.4 is 5.32 Å². The van der Waals surface area contributed by atoms with Crippen LogP contribution >= 0.6 is 0 Å².